The van der Waals surface area contributed by atoms with Crippen LogP contribution in [0, 0.1) is 0 Å². The first-order valence-corrected chi connectivity index (χ1v) is 6.60. The summed E-state index contributed by atoms with van der Waals surface area (Å²) in [5.41, 5.74) is 6.85. The molecule has 110 valence electrons. The number of nitrogen functional groups attached to an aromatic ring is 1. The zero-order chi connectivity index (χ0) is 15.1. The molecule has 0 aromatic carbocycles. The summed E-state index contributed by atoms with van der Waals surface area (Å²) in [7, 11) is 0. The van der Waals surface area contributed by atoms with Crippen LogP contribution in [0.5, 0.6) is 0 Å². The van der Waals surface area contributed by atoms with Gasteiger partial charge in [-0.05, 0) is 19.3 Å². The fourth-order valence-corrected chi connectivity index (χ4v) is 1.77. The summed E-state index contributed by atoms with van der Waals surface area (Å²) in [6.07, 6.45) is 4.11. The van der Waals surface area contributed by atoms with Crippen LogP contribution in [0.1, 0.15) is 33.1 Å². The van der Waals surface area contributed by atoms with Crippen molar-refractivity contribution in [2.45, 2.75) is 39.2 Å². The Morgan fingerprint density at radius 3 is 2.70 bits per heavy atom. The Morgan fingerprint density at radius 2 is 2.20 bits per heavy atom. The van der Waals surface area contributed by atoms with Gasteiger partial charge in [0.2, 0.25) is 5.95 Å². The molecule has 1 atom stereocenters. The van der Waals surface area contributed by atoms with Crippen LogP contribution in [0.25, 0.3) is 11.2 Å². The maximum absolute atomic E-state index is 11.0. The van der Waals surface area contributed by atoms with E-state index < -0.39 is 0 Å². The highest BCUT2D eigenvalue weighted by Gasteiger charge is 2.13. The van der Waals surface area contributed by atoms with Crippen molar-refractivity contribution in [3.63, 3.8) is 0 Å². The summed E-state index contributed by atoms with van der Waals surface area (Å²) in [4.78, 5) is 23.5. The topological polar surface area (TPSA) is 121 Å². The van der Waals surface area contributed by atoms with Crippen LogP contribution in [0.3, 0.4) is 0 Å². The van der Waals surface area contributed by atoms with Crippen molar-refractivity contribution < 1.29 is 5.11 Å². The maximum atomic E-state index is 11.0. The predicted molar refractivity (Wildman–Crippen MR) is 79.3 cm³/mol. The van der Waals surface area contributed by atoms with Crippen LogP contribution < -0.4 is 11.3 Å². The number of hydrogen-bond acceptors (Lipinski definition) is 5. The summed E-state index contributed by atoms with van der Waals surface area (Å²) in [5.74, 6) is 0.0783. The van der Waals surface area contributed by atoms with E-state index in [1.54, 1.807) is 0 Å². The minimum absolute atomic E-state index is 0.0764. The molecule has 5 N–H and O–H groups in total. The first kappa shape index (κ1) is 15.9. The summed E-state index contributed by atoms with van der Waals surface area (Å²) in [5, 5.41) is 8.84. The van der Waals surface area contributed by atoms with E-state index in [2.05, 4.69) is 26.5 Å². The first-order valence-electron chi connectivity index (χ1n) is 6.60. The number of aliphatic hydroxyl groups excluding tert-OH is 1. The molecule has 3 rings (SSSR count). The summed E-state index contributed by atoms with van der Waals surface area (Å²) in [6.45, 7) is 7.74. The molecule has 20 heavy (non-hydrogen) atoms. The van der Waals surface area contributed by atoms with Gasteiger partial charge in [0.15, 0.2) is 11.2 Å². The van der Waals surface area contributed by atoms with Crippen LogP contribution in [0.2, 0.25) is 0 Å². The van der Waals surface area contributed by atoms with Crippen molar-refractivity contribution in [3.8, 4) is 0 Å². The van der Waals surface area contributed by atoms with Crippen LogP contribution in [-0.4, -0.2) is 31.1 Å². The van der Waals surface area contributed by atoms with Gasteiger partial charge in [-0.2, -0.15) is 4.98 Å². The van der Waals surface area contributed by atoms with Crippen molar-refractivity contribution in [2.75, 3.05) is 5.73 Å². The highest BCUT2D eigenvalue weighted by molar-refractivity contribution is 5.69. The lowest BCUT2D eigenvalue weighted by Gasteiger charge is -1.91. The lowest BCUT2D eigenvalue weighted by atomic mass is 10.3. The first-order chi connectivity index (χ1) is 9.56. The molecule has 7 heteroatoms. The van der Waals surface area contributed by atoms with Crippen LogP contribution in [0.15, 0.2) is 23.3 Å². The van der Waals surface area contributed by atoms with E-state index >= 15 is 0 Å². The predicted octanol–water partition coefficient (Wildman–Crippen LogP) is 1.34. The third-order valence-electron chi connectivity index (χ3n) is 2.67. The molecule has 1 fully saturated rings. The smallest absolute Gasteiger partial charge is 0.278 e. The van der Waals surface area contributed by atoms with Crippen LogP contribution >= 0.6 is 0 Å². The summed E-state index contributed by atoms with van der Waals surface area (Å²) >= 11 is 0. The minimum atomic E-state index is -0.301. The van der Waals surface area contributed by atoms with Crippen LogP contribution in [0.4, 0.5) is 5.95 Å². The van der Waals surface area contributed by atoms with Crippen molar-refractivity contribution in [2.24, 2.45) is 0 Å². The number of nitrogens with one attached hydrogen (secondary N) is 2. The Bertz CT molecular complexity index is 616. The number of rotatable bonds is 0. The number of nitrogens with zero attached hydrogens (tertiary/aromatic N) is 2. The Balaban J connectivity index is 0.000000193. The molecule has 0 saturated heterocycles. The van der Waals surface area contributed by atoms with Crippen molar-refractivity contribution in [1.82, 2.24) is 19.9 Å². The molecule has 1 aliphatic rings. The number of fused-ring (bicyclic) bond motifs is 1. The van der Waals surface area contributed by atoms with Crippen molar-refractivity contribution >= 4 is 17.1 Å². The number of hydrogen-bond donors (Lipinski definition) is 4. The summed E-state index contributed by atoms with van der Waals surface area (Å²) in [6, 6.07) is 0. The molecular weight excluding hydrogens is 258 g/mol. The minimum Gasteiger partial charge on any atom is -0.393 e. The quantitative estimate of drug-likeness (QED) is 0.542. The fraction of sp³-hybridized carbons (Fsp3) is 0.462. The van der Waals surface area contributed by atoms with E-state index in [0.29, 0.717) is 11.2 Å². The number of aromatic nitrogens is 4. The normalized spacial score (nSPS) is 17.1. The molecule has 1 saturated carbocycles. The average molecular weight is 279 g/mol. The van der Waals surface area contributed by atoms with Gasteiger partial charge >= 0.3 is 0 Å². The number of anilines is 1. The highest BCUT2D eigenvalue weighted by Crippen LogP contribution is 2.21. The molecule has 0 radical (unpaired) electrons. The number of aromatic amines is 2. The zero-order valence-electron chi connectivity index (χ0n) is 11.8. The van der Waals surface area contributed by atoms with Gasteiger partial charge in [0.05, 0.1) is 12.4 Å². The van der Waals surface area contributed by atoms with Gasteiger partial charge in [0.1, 0.15) is 0 Å². The van der Waals surface area contributed by atoms with E-state index in [1.807, 2.05) is 13.8 Å². The standard InChI is InChI=1S/C6H10O.C5H5N5O.C2H6/c1-5-2-3-6(7)4-5;6-5-9-3-2(4(11)10-5)7-1-8-3;1-2/h6-7H,1-4H2;1H,(H4,6,7,8,9,10,11);1-2H3/t6-;;/m0../s1. The van der Waals surface area contributed by atoms with E-state index in [0.717, 1.165) is 19.3 Å². The number of aliphatic hydroxyl groups is 1. The molecule has 0 aliphatic heterocycles. The number of imidazole rings is 1. The second-order valence-electron chi connectivity index (χ2n) is 4.20. The van der Waals surface area contributed by atoms with Crippen LogP contribution in [-0.2, 0) is 0 Å². The lowest BCUT2D eigenvalue weighted by Crippen LogP contribution is -2.10. The molecular formula is C13H21N5O2. The molecule has 0 bridgehead atoms. The second kappa shape index (κ2) is 7.44. The summed E-state index contributed by atoms with van der Waals surface area (Å²) < 4.78 is 0. The van der Waals surface area contributed by atoms with Crippen molar-refractivity contribution in [1.29, 1.82) is 0 Å². The largest absolute Gasteiger partial charge is 0.393 e. The molecule has 2 aromatic heterocycles. The maximum Gasteiger partial charge on any atom is 0.278 e. The molecule has 1 aliphatic carbocycles. The Morgan fingerprint density at radius 1 is 1.50 bits per heavy atom. The number of H-pyrrole nitrogens is 2. The lowest BCUT2D eigenvalue weighted by molar-refractivity contribution is 0.186. The van der Waals surface area contributed by atoms with Gasteiger partial charge in [0, 0.05) is 0 Å². The van der Waals surface area contributed by atoms with E-state index in [-0.39, 0.29) is 17.6 Å². The fourth-order valence-electron chi connectivity index (χ4n) is 1.77. The SMILES string of the molecule is C=C1CC[C@H](O)C1.CC.Nc1nc2nc[nH]c2c(=O)[nH]1. The Kier molecular flexibility index (Phi) is 5.92. The third-order valence-corrected chi connectivity index (χ3v) is 2.67. The van der Waals surface area contributed by atoms with Gasteiger partial charge in [-0.1, -0.05) is 26.0 Å². The van der Waals surface area contributed by atoms with Crippen molar-refractivity contribution in [3.05, 3.63) is 28.8 Å². The molecule has 2 aromatic rings. The molecule has 0 spiro atoms. The van der Waals surface area contributed by atoms with Gasteiger partial charge < -0.3 is 15.8 Å². The van der Waals surface area contributed by atoms with Gasteiger partial charge in [0.25, 0.3) is 5.56 Å². The Labute approximate surface area is 117 Å². The monoisotopic (exact) mass is 279 g/mol. The third kappa shape index (κ3) is 4.20. The number of nitrogens with two attached hydrogens (primary N) is 1. The highest BCUT2D eigenvalue weighted by atomic mass is 16.3. The molecule has 2 heterocycles. The van der Waals surface area contributed by atoms with E-state index in [4.69, 9.17) is 10.8 Å². The second-order valence-corrected chi connectivity index (χ2v) is 4.20. The molecule has 7 nitrogen and oxygen atoms in total. The van der Waals surface area contributed by atoms with Gasteiger partial charge in [-0.25, -0.2) is 4.98 Å². The molecule has 0 unspecified atom stereocenters. The van der Waals surface area contributed by atoms with E-state index in [1.165, 1.54) is 11.9 Å². The van der Waals surface area contributed by atoms with Gasteiger partial charge in [-0.15, -0.1) is 0 Å². The molecule has 0 amide bonds. The van der Waals surface area contributed by atoms with E-state index in [9.17, 15) is 4.79 Å². The van der Waals surface area contributed by atoms with Gasteiger partial charge in [-0.3, -0.25) is 9.78 Å². The average Bonchev–Trinajstić information content (AvgIpc) is 3.01. The Hall–Kier alpha value is -2.15. The zero-order valence-corrected chi connectivity index (χ0v) is 11.8.